The number of hydrogen-bond acceptors (Lipinski definition) is 7. The van der Waals surface area contributed by atoms with Crippen LogP contribution in [0.3, 0.4) is 0 Å². The van der Waals surface area contributed by atoms with Gasteiger partial charge in [-0.05, 0) is 29.5 Å². The third-order valence-electron chi connectivity index (χ3n) is 3.92. The van der Waals surface area contributed by atoms with Gasteiger partial charge in [-0.1, -0.05) is 30.0 Å². The number of benzene rings is 1. The van der Waals surface area contributed by atoms with E-state index in [4.69, 9.17) is 4.74 Å². The number of aromatic nitrogens is 4. The number of amides is 2. The molecular formula is C16H20N6O3S. The average molecular weight is 376 g/mol. The fraction of sp³-hybridized carbons (Fsp3) is 0.438. The minimum Gasteiger partial charge on any atom is -0.450 e. The first-order valence-corrected chi connectivity index (χ1v) is 9.33. The van der Waals surface area contributed by atoms with Crippen LogP contribution >= 0.6 is 11.8 Å². The van der Waals surface area contributed by atoms with E-state index >= 15 is 0 Å². The molecule has 3 rings (SSSR count). The van der Waals surface area contributed by atoms with Crippen molar-refractivity contribution in [3.05, 3.63) is 30.3 Å². The van der Waals surface area contributed by atoms with Crippen molar-refractivity contribution < 1.29 is 14.3 Å². The molecule has 10 heteroatoms. The molecule has 1 aliphatic heterocycles. The zero-order valence-corrected chi connectivity index (χ0v) is 15.3. The smallest absolute Gasteiger partial charge is 0.409 e. The number of para-hydroxylation sites is 1. The molecule has 0 aliphatic carbocycles. The number of nitrogens with zero attached hydrogens (tertiary/aromatic N) is 6. The first kappa shape index (κ1) is 18.2. The third-order valence-corrected chi connectivity index (χ3v) is 4.83. The summed E-state index contributed by atoms with van der Waals surface area (Å²) in [6.45, 7) is 4.10. The fourth-order valence-electron chi connectivity index (χ4n) is 2.57. The predicted octanol–water partition coefficient (Wildman–Crippen LogP) is 1.06. The van der Waals surface area contributed by atoms with Gasteiger partial charge in [-0.25, -0.2) is 4.79 Å². The first-order chi connectivity index (χ1) is 12.7. The standard InChI is InChI=1S/C16H20N6O3S/c1-2-25-16(24)21-10-8-20(9-11-21)14(23)12-26-15-17-18-19-22(15)13-6-4-3-5-7-13/h3-7H,2,8-12H2,1H3. The van der Waals surface area contributed by atoms with E-state index in [-0.39, 0.29) is 17.8 Å². The zero-order chi connectivity index (χ0) is 18.4. The van der Waals surface area contributed by atoms with Crippen molar-refractivity contribution in [3.63, 3.8) is 0 Å². The summed E-state index contributed by atoms with van der Waals surface area (Å²) in [5.74, 6) is 0.244. The monoisotopic (exact) mass is 376 g/mol. The number of piperazine rings is 1. The molecule has 2 heterocycles. The lowest BCUT2D eigenvalue weighted by Crippen LogP contribution is -2.51. The van der Waals surface area contributed by atoms with E-state index in [2.05, 4.69) is 15.5 Å². The van der Waals surface area contributed by atoms with Crippen molar-refractivity contribution in [1.82, 2.24) is 30.0 Å². The zero-order valence-electron chi connectivity index (χ0n) is 14.4. The molecule has 26 heavy (non-hydrogen) atoms. The first-order valence-electron chi connectivity index (χ1n) is 8.35. The molecule has 0 N–H and O–H groups in total. The molecular weight excluding hydrogens is 356 g/mol. The third kappa shape index (κ3) is 4.31. The molecule has 1 aromatic heterocycles. The SMILES string of the molecule is CCOC(=O)N1CCN(C(=O)CSc2nnnn2-c2ccccc2)CC1. The van der Waals surface area contributed by atoms with Crippen LogP contribution in [0.4, 0.5) is 4.79 Å². The van der Waals surface area contributed by atoms with Crippen molar-refractivity contribution in [1.29, 1.82) is 0 Å². The van der Waals surface area contributed by atoms with Gasteiger partial charge in [-0.2, -0.15) is 4.68 Å². The van der Waals surface area contributed by atoms with E-state index in [1.165, 1.54) is 11.8 Å². The van der Waals surface area contributed by atoms with E-state index in [9.17, 15) is 9.59 Å². The highest BCUT2D eigenvalue weighted by Crippen LogP contribution is 2.18. The van der Waals surface area contributed by atoms with Gasteiger partial charge in [0, 0.05) is 26.2 Å². The summed E-state index contributed by atoms with van der Waals surface area (Å²) in [7, 11) is 0. The molecule has 1 fully saturated rings. The van der Waals surface area contributed by atoms with Crippen LogP contribution in [-0.4, -0.2) is 80.5 Å². The summed E-state index contributed by atoms with van der Waals surface area (Å²) in [5, 5.41) is 12.2. The van der Waals surface area contributed by atoms with Gasteiger partial charge in [-0.15, -0.1) is 5.10 Å². The topological polar surface area (TPSA) is 93.4 Å². The van der Waals surface area contributed by atoms with Gasteiger partial charge < -0.3 is 14.5 Å². The van der Waals surface area contributed by atoms with Crippen molar-refractivity contribution in [2.24, 2.45) is 0 Å². The Labute approximate surface area is 155 Å². The summed E-state index contributed by atoms with van der Waals surface area (Å²) in [5.41, 5.74) is 0.843. The lowest BCUT2D eigenvalue weighted by molar-refractivity contribution is -0.129. The summed E-state index contributed by atoms with van der Waals surface area (Å²) in [6.07, 6.45) is -0.323. The van der Waals surface area contributed by atoms with E-state index in [0.717, 1.165) is 5.69 Å². The minimum absolute atomic E-state index is 0.00104. The van der Waals surface area contributed by atoms with E-state index in [0.29, 0.717) is 37.9 Å². The quantitative estimate of drug-likeness (QED) is 0.720. The van der Waals surface area contributed by atoms with E-state index in [1.807, 2.05) is 30.3 Å². The molecule has 1 aromatic carbocycles. The molecule has 9 nitrogen and oxygen atoms in total. The Bertz CT molecular complexity index is 745. The summed E-state index contributed by atoms with van der Waals surface area (Å²) >= 11 is 1.30. The van der Waals surface area contributed by atoms with Crippen LogP contribution in [0.2, 0.25) is 0 Å². The van der Waals surface area contributed by atoms with Crippen LogP contribution in [0.25, 0.3) is 5.69 Å². The van der Waals surface area contributed by atoms with Crippen LogP contribution in [0.15, 0.2) is 35.5 Å². The molecule has 2 aromatic rings. The molecule has 0 atom stereocenters. The van der Waals surface area contributed by atoms with Crippen molar-refractivity contribution in [3.8, 4) is 5.69 Å². The summed E-state index contributed by atoms with van der Waals surface area (Å²) in [4.78, 5) is 27.5. The van der Waals surface area contributed by atoms with Gasteiger partial charge in [0.25, 0.3) is 0 Å². The Kier molecular flexibility index (Phi) is 6.05. The molecule has 0 spiro atoms. The van der Waals surface area contributed by atoms with Crippen LogP contribution in [-0.2, 0) is 9.53 Å². The van der Waals surface area contributed by atoms with Crippen LogP contribution in [0, 0.1) is 0 Å². The lowest BCUT2D eigenvalue weighted by Gasteiger charge is -2.33. The van der Waals surface area contributed by atoms with E-state index < -0.39 is 0 Å². The Morgan fingerprint density at radius 3 is 2.50 bits per heavy atom. The van der Waals surface area contributed by atoms with Gasteiger partial charge in [0.2, 0.25) is 11.1 Å². The van der Waals surface area contributed by atoms with Crippen LogP contribution < -0.4 is 0 Å². The summed E-state index contributed by atoms with van der Waals surface area (Å²) < 4.78 is 6.59. The predicted molar refractivity (Wildman–Crippen MR) is 95.1 cm³/mol. The number of tetrazole rings is 1. The second-order valence-electron chi connectivity index (χ2n) is 5.56. The number of hydrogen-bond donors (Lipinski definition) is 0. The number of thioether (sulfide) groups is 1. The Morgan fingerprint density at radius 2 is 1.81 bits per heavy atom. The molecule has 138 valence electrons. The largest absolute Gasteiger partial charge is 0.450 e. The van der Waals surface area contributed by atoms with Gasteiger partial charge in [0.15, 0.2) is 0 Å². The number of carbonyl (C=O) groups is 2. The molecule has 2 amide bonds. The van der Waals surface area contributed by atoms with Gasteiger partial charge >= 0.3 is 6.09 Å². The number of rotatable bonds is 5. The van der Waals surface area contributed by atoms with Gasteiger partial charge in [0.1, 0.15) is 0 Å². The van der Waals surface area contributed by atoms with Crippen molar-refractivity contribution in [2.45, 2.75) is 12.1 Å². The Balaban J connectivity index is 1.52. The molecule has 1 saturated heterocycles. The van der Waals surface area contributed by atoms with Crippen LogP contribution in [0.1, 0.15) is 6.92 Å². The van der Waals surface area contributed by atoms with Crippen molar-refractivity contribution >= 4 is 23.8 Å². The highest BCUT2D eigenvalue weighted by Gasteiger charge is 2.25. The number of carbonyl (C=O) groups excluding carboxylic acids is 2. The average Bonchev–Trinajstić information content (AvgIpc) is 3.16. The summed E-state index contributed by atoms with van der Waals surface area (Å²) in [6, 6.07) is 9.52. The lowest BCUT2D eigenvalue weighted by atomic mass is 10.3. The van der Waals surface area contributed by atoms with Crippen LogP contribution in [0.5, 0.6) is 0 Å². The maximum Gasteiger partial charge on any atom is 0.409 e. The normalized spacial score (nSPS) is 14.3. The highest BCUT2D eigenvalue weighted by molar-refractivity contribution is 7.99. The highest BCUT2D eigenvalue weighted by atomic mass is 32.2. The van der Waals surface area contributed by atoms with Gasteiger partial charge in [-0.3, -0.25) is 4.79 Å². The molecule has 1 aliphatic rings. The second kappa shape index (κ2) is 8.65. The maximum atomic E-state index is 12.4. The molecule has 0 radical (unpaired) electrons. The Hall–Kier alpha value is -2.62. The molecule has 0 unspecified atom stereocenters. The molecule has 0 bridgehead atoms. The maximum absolute atomic E-state index is 12.4. The van der Waals surface area contributed by atoms with Crippen molar-refractivity contribution in [2.75, 3.05) is 38.5 Å². The molecule has 0 saturated carbocycles. The van der Waals surface area contributed by atoms with Gasteiger partial charge in [0.05, 0.1) is 18.0 Å². The Morgan fingerprint density at radius 1 is 1.12 bits per heavy atom. The minimum atomic E-state index is -0.323. The second-order valence-corrected chi connectivity index (χ2v) is 6.51. The van der Waals surface area contributed by atoms with E-state index in [1.54, 1.807) is 21.4 Å². The fourth-order valence-corrected chi connectivity index (χ4v) is 3.36. The number of ether oxygens (including phenoxy) is 1.